The monoisotopic (exact) mass is 246 g/mol. The lowest BCUT2D eigenvalue weighted by molar-refractivity contribution is 0.0849. The Hall–Kier alpha value is -1.73. The zero-order valence-corrected chi connectivity index (χ0v) is 10.1. The van der Waals surface area contributed by atoms with Crippen molar-refractivity contribution in [2.75, 3.05) is 19.6 Å². The van der Waals surface area contributed by atoms with Gasteiger partial charge in [-0.1, -0.05) is 0 Å². The molecule has 1 saturated heterocycles. The third-order valence-electron chi connectivity index (χ3n) is 3.38. The lowest BCUT2D eigenvalue weighted by Gasteiger charge is -2.29. The van der Waals surface area contributed by atoms with Crippen molar-refractivity contribution < 1.29 is 9.18 Å². The van der Waals surface area contributed by atoms with Gasteiger partial charge in [-0.3, -0.25) is 9.69 Å². The molecule has 0 radical (unpaired) electrons. The van der Waals surface area contributed by atoms with Crippen LogP contribution < -0.4 is 0 Å². The molecule has 2 rings (SSSR count). The number of nitrogens with zero attached hydrogens (tertiary/aromatic N) is 2. The Balaban J connectivity index is 1.95. The molecule has 1 fully saturated rings. The summed E-state index contributed by atoms with van der Waals surface area (Å²) in [5.41, 5.74) is 0.579. The number of halogens is 1. The fraction of sp³-hybridized carbons (Fsp3) is 0.429. The van der Waals surface area contributed by atoms with Crippen molar-refractivity contribution in [2.45, 2.75) is 12.8 Å². The Labute approximate surface area is 106 Å². The molecule has 0 saturated carbocycles. The standard InChI is InChI=1S/C14H15FN2O/c15-13-3-1-11(2-4-13)14(18)12-5-8-17(9-6-12)10-7-16/h1-4,12H,5-6,8-10H2. The summed E-state index contributed by atoms with van der Waals surface area (Å²) in [7, 11) is 0. The van der Waals surface area contributed by atoms with Crippen LogP contribution in [-0.4, -0.2) is 30.3 Å². The molecule has 0 N–H and O–H groups in total. The van der Waals surface area contributed by atoms with Gasteiger partial charge in [-0.25, -0.2) is 4.39 Å². The number of piperidine rings is 1. The highest BCUT2D eigenvalue weighted by Gasteiger charge is 2.25. The number of Topliss-reactive ketones (excluding diaryl/α,β-unsaturated/α-hetero) is 1. The van der Waals surface area contributed by atoms with Crippen LogP contribution in [0.3, 0.4) is 0 Å². The summed E-state index contributed by atoms with van der Waals surface area (Å²) in [6.07, 6.45) is 1.55. The molecule has 1 aliphatic rings. The zero-order chi connectivity index (χ0) is 13.0. The SMILES string of the molecule is N#CCN1CCC(C(=O)c2ccc(F)cc2)CC1. The van der Waals surface area contributed by atoms with Gasteiger partial charge in [-0.15, -0.1) is 0 Å². The molecule has 0 spiro atoms. The van der Waals surface area contributed by atoms with Crippen molar-refractivity contribution in [3.05, 3.63) is 35.6 Å². The highest BCUT2D eigenvalue weighted by atomic mass is 19.1. The van der Waals surface area contributed by atoms with Gasteiger partial charge in [0, 0.05) is 11.5 Å². The molecule has 0 unspecified atom stereocenters. The summed E-state index contributed by atoms with van der Waals surface area (Å²) >= 11 is 0. The summed E-state index contributed by atoms with van der Waals surface area (Å²) in [5, 5.41) is 8.60. The van der Waals surface area contributed by atoms with Crippen molar-refractivity contribution in [1.29, 1.82) is 5.26 Å². The van der Waals surface area contributed by atoms with E-state index < -0.39 is 0 Å². The number of benzene rings is 1. The molecule has 18 heavy (non-hydrogen) atoms. The van der Waals surface area contributed by atoms with Crippen LogP contribution in [0.4, 0.5) is 4.39 Å². The topological polar surface area (TPSA) is 44.1 Å². The average Bonchev–Trinajstić information content (AvgIpc) is 2.40. The van der Waals surface area contributed by atoms with Gasteiger partial charge in [0.25, 0.3) is 0 Å². The molecule has 4 heteroatoms. The van der Waals surface area contributed by atoms with Gasteiger partial charge in [-0.05, 0) is 50.2 Å². The van der Waals surface area contributed by atoms with E-state index >= 15 is 0 Å². The number of carbonyl (C=O) groups is 1. The summed E-state index contributed by atoms with van der Waals surface area (Å²) in [6, 6.07) is 7.84. The largest absolute Gasteiger partial charge is 0.294 e. The van der Waals surface area contributed by atoms with Crippen molar-refractivity contribution in [3.8, 4) is 6.07 Å². The normalized spacial score (nSPS) is 17.3. The lowest BCUT2D eigenvalue weighted by Crippen LogP contribution is -2.36. The first-order valence-corrected chi connectivity index (χ1v) is 6.10. The minimum atomic E-state index is -0.324. The van der Waals surface area contributed by atoms with Crippen molar-refractivity contribution in [2.24, 2.45) is 5.92 Å². The number of hydrogen-bond acceptors (Lipinski definition) is 3. The van der Waals surface area contributed by atoms with E-state index in [9.17, 15) is 9.18 Å². The van der Waals surface area contributed by atoms with Gasteiger partial charge < -0.3 is 0 Å². The smallest absolute Gasteiger partial charge is 0.166 e. The van der Waals surface area contributed by atoms with E-state index in [4.69, 9.17) is 5.26 Å². The molecule has 1 aliphatic heterocycles. The number of hydrogen-bond donors (Lipinski definition) is 0. The Morgan fingerprint density at radius 1 is 1.33 bits per heavy atom. The minimum absolute atomic E-state index is 0.00500. The summed E-state index contributed by atoms with van der Waals surface area (Å²) in [4.78, 5) is 14.2. The van der Waals surface area contributed by atoms with Gasteiger partial charge in [-0.2, -0.15) is 5.26 Å². The average molecular weight is 246 g/mol. The minimum Gasteiger partial charge on any atom is -0.294 e. The predicted octanol–water partition coefficient (Wildman–Crippen LogP) is 2.24. The number of likely N-dealkylation sites (tertiary alicyclic amines) is 1. The number of ketones is 1. The number of carbonyl (C=O) groups excluding carboxylic acids is 1. The third-order valence-corrected chi connectivity index (χ3v) is 3.38. The summed E-state index contributed by atoms with van der Waals surface area (Å²) in [6.45, 7) is 1.99. The Morgan fingerprint density at radius 2 is 1.94 bits per heavy atom. The van der Waals surface area contributed by atoms with Crippen LogP contribution in [0, 0.1) is 23.1 Å². The van der Waals surface area contributed by atoms with Crippen LogP contribution in [0.15, 0.2) is 24.3 Å². The first-order chi connectivity index (χ1) is 8.70. The Bertz CT molecular complexity index is 456. The molecule has 1 heterocycles. The molecule has 94 valence electrons. The quantitative estimate of drug-likeness (QED) is 0.607. The van der Waals surface area contributed by atoms with Gasteiger partial charge in [0.15, 0.2) is 5.78 Å². The van der Waals surface area contributed by atoms with Gasteiger partial charge in [0.1, 0.15) is 5.82 Å². The fourth-order valence-corrected chi connectivity index (χ4v) is 2.30. The predicted molar refractivity (Wildman–Crippen MR) is 65.5 cm³/mol. The van der Waals surface area contributed by atoms with Crippen LogP contribution in [0.2, 0.25) is 0 Å². The van der Waals surface area contributed by atoms with Gasteiger partial charge >= 0.3 is 0 Å². The van der Waals surface area contributed by atoms with Crippen LogP contribution in [-0.2, 0) is 0 Å². The van der Waals surface area contributed by atoms with Crippen molar-refractivity contribution in [3.63, 3.8) is 0 Å². The molecular formula is C14H15FN2O. The molecular weight excluding hydrogens is 231 g/mol. The molecule has 0 aliphatic carbocycles. The van der Waals surface area contributed by atoms with Gasteiger partial charge in [0.05, 0.1) is 12.6 Å². The van der Waals surface area contributed by atoms with Gasteiger partial charge in [0.2, 0.25) is 0 Å². The molecule has 0 bridgehead atoms. The number of rotatable bonds is 3. The molecule has 1 aromatic rings. The van der Waals surface area contributed by atoms with Crippen molar-refractivity contribution in [1.82, 2.24) is 4.90 Å². The maximum Gasteiger partial charge on any atom is 0.166 e. The molecule has 1 aromatic carbocycles. The van der Waals surface area contributed by atoms with Crippen LogP contribution >= 0.6 is 0 Å². The lowest BCUT2D eigenvalue weighted by atomic mass is 9.89. The highest BCUT2D eigenvalue weighted by molar-refractivity contribution is 5.97. The second-order valence-corrected chi connectivity index (χ2v) is 4.58. The fourth-order valence-electron chi connectivity index (χ4n) is 2.30. The van der Waals surface area contributed by atoms with E-state index in [1.54, 1.807) is 12.1 Å². The second-order valence-electron chi connectivity index (χ2n) is 4.58. The summed E-state index contributed by atoms with van der Waals surface area (Å²) < 4.78 is 12.8. The summed E-state index contributed by atoms with van der Waals surface area (Å²) in [5.74, 6) is -0.229. The molecule has 0 amide bonds. The van der Waals surface area contributed by atoms with Crippen LogP contribution in [0.25, 0.3) is 0 Å². The first-order valence-electron chi connectivity index (χ1n) is 6.10. The van der Waals surface area contributed by atoms with E-state index in [1.807, 2.05) is 0 Å². The maximum absolute atomic E-state index is 12.8. The molecule has 3 nitrogen and oxygen atoms in total. The number of nitriles is 1. The van der Waals surface area contributed by atoms with Crippen LogP contribution in [0.1, 0.15) is 23.2 Å². The molecule has 0 aromatic heterocycles. The van der Waals surface area contributed by atoms with E-state index in [0.29, 0.717) is 12.1 Å². The van der Waals surface area contributed by atoms with E-state index in [-0.39, 0.29) is 17.5 Å². The second kappa shape index (κ2) is 5.74. The highest BCUT2D eigenvalue weighted by Crippen LogP contribution is 2.21. The third kappa shape index (κ3) is 2.93. The van der Waals surface area contributed by atoms with E-state index in [0.717, 1.165) is 25.9 Å². The molecule has 0 atom stereocenters. The first kappa shape index (κ1) is 12.7. The zero-order valence-electron chi connectivity index (χ0n) is 10.1. The maximum atomic E-state index is 12.8. The van der Waals surface area contributed by atoms with E-state index in [2.05, 4.69) is 11.0 Å². The Kier molecular flexibility index (Phi) is 4.06. The van der Waals surface area contributed by atoms with Crippen LogP contribution in [0.5, 0.6) is 0 Å². The Morgan fingerprint density at radius 3 is 2.50 bits per heavy atom. The van der Waals surface area contributed by atoms with Crippen molar-refractivity contribution >= 4 is 5.78 Å². The van der Waals surface area contributed by atoms with E-state index in [1.165, 1.54) is 12.1 Å².